The number of unbranched alkanes of at least 4 members (excludes halogenated alkanes) is 3. The standard InChI is InChI=1S/C26H34N2O3/c1-3-4-5-8-19-31-22-13-11-21(12-14-22)25(29)27-24-10-7-6-9-23(24)26(30)28-17-15-20(2)16-18-28/h6-7,9-14,20H,3-5,8,15-19H2,1-2H3,(H,27,29). The number of amides is 2. The molecule has 2 aromatic carbocycles. The lowest BCUT2D eigenvalue weighted by atomic mass is 9.98. The number of carbonyl (C=O) groups excluding carboxylic acids is 2. The number of hydrogen-bond acceptors (Lipinski definition) is 3. The van der Waals surface area contributed by atoms with E-state index in [1.165, 1.54) is 19.3 Å². The molecule has 0 unspecified atom stereocenters. The van der Waals surface area contributed by atoms with Crippen molar-refractivity contribution >= 4 is 17.5 Å². The largest absolute Gasteiger partial charge is 0.494 e. The fourth-order valence-electron chi connectivity index (χ4n) is 3.78. The molecule has 0 bridgehead atoms. The Balaban J connectivity index is 1.60. The van der Waals surface area contributed by atoms with E-state index in [1.54, 1.807) is 24.3 Å². The van der Waals surface area contributed by atoms with Gasteiger partial charge in [0.05, 0.1) is 17.9 Å². The second-order valence-corrected chi connectivity index (χ2v) is 8.41. The monoisotopic (exact) mass is 422 g/mol. The van der Waals surface area contributed by atoms with Gasteiger partial charge >= 0.3 is 0 Å². The van der Waals surface area contributed by atoms with E-state index in [-0.39, 0.29) is 11.8 Å². The van der Waals surface area contributed by atoms with Crippen LogP contribution in [0.5, 0.6) is 5.75 Å². The summed E-state index contributed by atoms with van der Waals surface area (Å²) >= 11 is 0. The van der Waals surface area contributed by atoms with E-state index in [1.807, 2.05) is 29.2 Å². The fraction of sp³-hybridized carbons (Fsp3) is 0.462. The molecule has 166 valence electrons. The van der Waals surface area contributed by atoms with Gasteiger partial charge in [0.2, 0.25) is 0 Å². The summed E-state index contributed by atoms with van der Waals surface area (Å²) in [5.41, 5.74) is 1.62. The van der Waals surface area contributed by atoms with Gasteiger partial charge in [0.1, 0.15) is 5.75 Å². The van der Waals surface area contributed by atoms with Crippen molar-refractivity contribution in [3.63, 3.8) is 0 Å². The number of para-hydroxylation sites is 1. The zero-order valence-corrected chi connectivity index (χ0v) is 18.7. The molecular weight excluding hydrogens is 388 g/mol. The van der Waals surface area contributed by atoms with Crippen LogP contribution < -0.4 is 10.1 Å². The Labute approximate surface area is 185 Å². The maximum atomic E-state index is 13.0. The van der Waals surface area contributed by atoms with Crippen molar-refractivity contribution < 1.29 is 14.3 Å². The minimum absolute atomic E-state index is 0.0189. The Morgan fingerprint density at radius 3 is 2.42 bits per heavy atom. The number of benzene rings is 2. The number of rotatable bonds is 9. The first-order valence-electron chi connectivity index (χ1n) is 11.5. The molecule has 0 spiro atoms. The SMILES string of the molecule is CCCCCCOc1ccc(C(=O)Nc2ccccc2C(=O)N2CCC(C)CC2)cc1. The van der Waals surface area contributed by atoms with Crippen LogP contribution in [0.1, 0.15) is 73.1 Å². The minimum Gasteiger partial charge on any atom is -0.494 e. The van der Waals surface area contributed by atoms with E-state index in [0.717, 1.165) is 38.1 Å². The lowest BCUT2D eigenvalue weighted by Gasteiger charge is -2.30. The van der Waals surface area contributed by atoms with Crippen LogP contribution in [-0.4, -0.2) is 36.4 Å². The van der Waals surface area contributed by atoms with Gasteiger partial charge in [-0.2, -0.15) is 0 Å². The predicted octanol–water partition coefficient (Wildman–Crippen LogP) is 5.77. The molecule has 1 N–H and O–H groups in total. The molecule has 0 radical (unpaired) electrons. The molecule has 1 aliphatic rings. The summed E-state index contributed by atoms with van der Waals surface area (Å²) in [6.07, 6.45) is 6.68. The number of nitrogens with one attached hydrogen (secondary N) is 1. The number of carbonyl (C=O) groups is 2. The van der Waals surface area contributed by atoms with Crippen molar-refractivity contribution in [3.05, 3.63) is 59.7 Å². The van der Waals surface area contributed by atoms with Crippen LogP contribution in [0.2, 0.25) is 0 Å². The second kappa shape index (κ2) is 11.5. The fourth-order valence-corrected chi connectivity index (χ4v) is 3.78. The first kappa shape index (κ1) is 22.9. The van der Waals surface area contributed by atoms with Crippen molar-refractivity contribution in [1.29, 1.82) is 0 Å². The first-order chi connectivity index (χ1) is 15.1. The number of hydrogen-bond donors (Lipinski definition) is 1. The van der Waals surface area contributed by atoms with Gasteiger partial charge in [-0.3, -0.25) is 9.59 Å². The third-order valence-electron chi connectivity index (χ3n) is 5.86. The maximum absolute atomic E-state index is 13.0. The van der Waals surface area contributed by atoms with E-state index < -0.39 is 0 Å². The van der Waals surface area contributed by atoms with Gasteiger partial charge in [0.25, 0.3) is 11.8 Å². The van der Waals surface area contributed by atoms with Gasteiger partial charge in [-0.15, -0.1) is 0 Å². The summed E-state index contributed by atoms with van der Waals surface area (Å²) in [5.74, 6) is 1.17. The number of ether oxygens (including phenoxy) is 1. The highest BCUT2D eigenvalue weighted by Crippen LogP contribution is 2.23. The number of likely N-dealkylation sites (tertiary alicyclic amines) is 1. The van der Waals surface area contributed by atoms with Gasteiger partial charge in [-0.25, -0.2) is 0 Å². The average Bonchev–Trinajstić information content (AvgIpc) is 2.80. The van der Waals surface area contributed by atoms with Gasteiger partial charge in [0, 0.05) is 18.7 Å². The summed E-state index contributed by atoms with van der Waals surface area (Å²) in [5, 5.41) is 2.91. The highest BCUT2D eigenvalue weighted by Gasteiger charge is 2.23. The minimum atomic E-state index is -0.234. The van der Waals surface area contributed by atoms with Crippen LogP contribution in [0.15, 0.2) is 48.5 Å². The molecule has 1 aliphatic heterocycles. The molecule has 0 aromatic heterocycles. The van der Waals surface area contributed by atoms with Crippen molar-refractivity contribution in [2.45, 2.75) is 52.4 Å². The number of anilines is 1. The van der Waals surface area contributed by atoms with Crippen LogP contribution in [0.3, 0.4) is 0 Å². The highest BCUT2D eigenvalue weighted by atomic mass is 16.5. The van der Waals surface area contributed by atoms with E-state index in [4.69, 9.17) is 4.74 Å². The lowest BCUT2D eigenvalue weighted by Crippen LogP contribution is -2.38. The topological polar surface area (TPSA) is 58.6 Å². The summed E-state index contributed by atoms with van der Waals surface area (Å²) in [6.45, 7) is 6.63. The third-order valence-corrected chi connectivity index (χ3v) is 5.86. The normalized spacial score (nSPS) is 14.3. The van der Waals surface area contributed by atoms with E-state index in [2.05, 4.69) is 19.2 Å². The van der Waals surface area contributed by atoms with Crippen molar-refractivity contribution in [2.24, 2.45) is 5.92 Å². The van der Waals surface area contributed by atoms with E-state index in [0.29, 0.717) is 29.3 Å². The molecule has 2 amide bonds. The van der Waals surface area contributed by atoms with E-state index >= 15 is 0 Å². The summed E-state index contributed by atoms with van der Waals surface area (Å²) in [4.78, 5) is 27.7. The van der Waals surface area contributed by atoms with Crippen LogP contribution in [0.25, 0.3) is 0 Å². The zero-order valence-electron chi connectivity index (χ0n) is 18.7. The quantitative estimate of drug-likeness (QED) is 0.522. The Kier molecular flexibility index (Phi) is 8.51. The molecule has 2 aromatic rings. The molecule has 0 aliphatic carbocycles. The van der Waals surface area contributed by atoms with Gasteiger partial charge in [0.15, 0.2) is 0 Å². The Morgan fingerprint density at radius 2 is 1.71 bits per heavy atom. The Hall–Kier alpha value is -2.82. The van der Waals surface area contributed by atoms with Crippen LogP contribution in [0.4, 0.5) is 5.69 Å². The van der Waals surface area contributed by atoms with Crippen molar-refractivity contribution in [1.82, 2.24) is 4.90 Å². The van der Waals surface area contributed by atoms with Crippen LogP contribution >= 0.6 is 0 Å². The summed E-state index contributed by atoms with van der Waals surface area (Å²) in [6, 6.07) is 14.4. The molecule has 0 saturated carbocycles. The third kappa shape index (κ3) is 6.58. The zero-order chi connectivity index (χ0) is 22.1. The molecule has 5 nitrogen and oxygen atoms in total. The van der Waals surface area contributed by atoms with E-state index in [9.17, 15) is 9.59 Å². The smallest absolute Gasteiger partial charge is 0.255 e. The van der Waals surface area contributed by atoms with Gasteiger partial charge in [-0.1, -0.05) is 45.2 Å². The highest BCUT2D eigenvalue weighted by molar-refractivity contribution is 6.09. The van der Waals surface area contributed by atoms with Crippen molar-refractivity contribution in [3.8, 4) is 5.75 Å². The molecule has 0 atom stereocenters. The molecule has 1 heterocycles. The molecule has 1 fully saturated rings. The number of piperidine rings is 1. The molecule has 1 saturated heterocycles. The van der Waals surface area contributed by atoms with Crippen LogP contribution in [-0.2, 0) is 0 Å². The maximum Gasteiger partial charge on any atom is 0.255 e. The molecule has 5 heteroatoms. The summed E-state index contributed by atoms with van der Waals surface area (Å²) < 4.78 is 5.75. The Bertz CT molecular complexity index is 855. The van der Waals surface area contributed by atoms with Crippen LogP contribution in [0, 0.1) is 5.92 Å². The molecular formula is C26H34N2O3. The molecule has 31 heavy (non-hydrogen) atoms. The average molecular weight is 423 g/mol. The molecule has 3 rings (SSSR count). The lowest BCUT2D eigenvalue weighted by molar-refractivity contribution is 0.0698. The second-order valence-electron chi connectivity index (χ2n) is 8.41. The Morgan fingerprint density at radius 1 is 1.00 bits per heavy atom. The predicted molar refractivity (Wildman–Crippen MR) is 125 cm³/mol. The first-order valence-corrected chi connectivity index (χ1v) is 11.5. The van der Waals surface area contributed by atoms with Gasteiger partial charge in [-0.05, 0) is 61.6 Å². The van der Waals surface area contributed by atoms with Gasteiger partial charge < -0.3 is 15.0 Å². The van der Waals surface area contributed by atoms with Crippen molar-refractivity contribution in [2.75, 3.05) is 25.0 Å². The summed E-state index contributed by atoms with van der Waals surface area (Å²) in [7, 11) is 0. The number of nitrogens with zero attached hydrogens (tertiary/aromatic N) is 1.